The molecule has 1 saturated carbocycles. The highest BCUT2D eigenvalue weighted by molar-refractivity contribution is 5.50. The summed E-state index contributed by atoms with van der Waals surface area (Å²) in [5, 5.41) is 3.15. The lowest BCUT2D eigenvalue weighted by atomic mass is 10.3. The molecule has 0 aromatic carbocycles. The molecule has 0 radical (unpaired) electrons. The average molecular weight is 247 g/mol. The van der Waals surface area contributed by atoms with Crippen LogP contribution in [0.2, 0.25) is 0 Å². The molecule has 1 aromatic rings. The first-order valence-electron chi connectivity index (χ1n) is 6.76. The minimum absolute atomic E-state index is 0.601. The van der Waals surface area contributed by atoms with Gasteiger partial charge in [-0.1, -0.05) is 0 Å². The molecule has 5 heteroatoms. The molecule has 1 N–H and O–H groups in total. The van der Waals surface area contributed by atoms with Gasteiger partial charge in [-0.15, -0.1) is 0 Å². The lowest BCUT2D eigenvalue weighted by molar-refractivity contribution is 0.312. The van der Waals surface area contributed by atoms with E-state index in [1.807, 2.05) is 7.05 Å². The largest absolute Gasteiger partial charge is 0.373 e. The Balaban J connectivity index is 1.83. The van der Waals surface area contributed by atoms with Gasteiger partial charge in [0, 0.05) is 45.2 Å². The van der Waals surface area contributed by atoms with Crippen molar-refractivity contribution in [1.82, 2.24) is 14.9 Å². The molecule has 18 heavy (non-hydrogen) atoms. The number of nitrogens with zero attached hydrogens (tertiary/aromatic N) is 4. The Labute approximate surface area is 108 Å². The maximum Gasteiger partial charge on any atom is 0.136 e. The zero-order valence-electron chi connectivity index (χ0n) is 11.2. The molecule has 0 unspecified atom stereocenters. The van der Waals surface area contributed by atoms with Crippen LogP contribution in [0.1, 0.15) is 24.6 Å². The second-order valence-corrected chi connectivity index (χ2v) is 5.28. The molecule has 0 bridgehead atoms. The predicted octanol–water partition coefficient (Wildman–Crippen LogP) is 1.15. The lowest BCUT2D eigenvalue weighted by Gasteiger charge is -2.33. The van der Waals surface area contributed by atoms with Crippen molar-refractivity contribution in [3.63, 3.8) is 0 Å². The van der Waals surface area contributed by atoms with Crippen LogP contribution >= 0.6 is 0 Å². The van der Waals surface area contributed by atoms with Gasteiger partial charge in [-0.25, -0.2) is 9.97 Å². The van der Waals surface area contributed by atoms with E-state index in [1.165, 1.54) is 12.8 Å². The topological polar surface area (TPSA) is 44.3 Å². The normalized spacial score (nSPS) is 21.1. The first-order valence-corrected chi connectivity index (χ1v) is 6.76. The summed E-state index contributed by atoms with van der Waals surface area (Å²) < 4.78 is 0. The van der Waals surface area contributed by atoms with Gasteiger partial charge < -0.3 is 15.1 Å². The van der Waals surface area contributed by atoms with Gasteiger partial charge in [-0.3, -0.25) is 0 Å². The number of piperazine rings is 1. The second kappa shape index (κ2) is 4.72. The Bertz CT molecular complexity index is 421. The average Bonchev–Trinajstić information content (AvgIpc) is 3.23. The molecule has 0 spiro atoms. The summed E-state index contributed by atoms with van der Waals surface area (Å²) in [6, 6.07) is 2.07. The number of hydrogen-bond donors (Lipinski definition) is 1. The highest BCUT2D eigenvalue weighted by atomic mass is 15.3. The maximum absolute atomic E-state index is 4.75. The van der Waals surface area contributed by atoms with Gasteiger partial charge in [0.2, 0.25) is 0 Å². The van der Waals surface area contributed by atoms with Crippen molar-refractivity contribution in [2.75, 3.05) is 50.5 Å². The van der Waals surface area contributed by atoms with E-state index in [0.717, 1.165) is 43.6 Å². The summed E-state index contributed by atoms with van der Waals surface area (Å²) in [5.41, 5.74) is 0. The van der Waals surface area contributed by atoms with Crippen molar-refractivity contribution < 1.29 is 0 Å². The Hall–Kier alpha value is -1.36. The molecule has 5 nitrogen and oxygen atoms in total. The smallest absolute Gasteiger partial charge is 0.136 e. The molecule has 1 saturated heterocycles. The molecule has 2 aliphatic rings. The Morgan fingerprint density at radius 1 is 1.17 bits per heavy atom. The van der Waals surface area contributed by atoms with Crippen LogP contribution in [0.25, 0.3) is 0 Å². The molecular weight excluding hydrogens is 226 g/mol. The third kappa shape index (κ3) is 2.41. The van der Waals surface area contributed by atoms with Gasteiger partial charge >= 0.3 is 0 Å². The molecule has 1 aromatic heterocycles. The summed E-state index contributed by atoms with van der Waals surface area (Å²) in [6.07, 6.45) is 2.49. The fraction of sp³-hybridized carbons (Fsp3) is 0.692. The fourth-order valence-electron chi connectivity index (χ4n) is 2.30. The minimum atomic E-state index is 0.601. The number of likely N-dealkylation sites (N-methyl/N-ethyl adjacent to an activating group) is 1. The van der Waals surface area contributed by atoms with Crippen molar-refractivity contribution in [2.24, 2.45) is 0 Å². The SMILES string of the molecule is CNc1cc(N2CCN(C)CC2)nc(C2CC2)n1. The number of aromatic nitrogens is 2. The van der Waals surface area contributed by atoms with E-state index in [1.54, 1.807) is 0 Å². The maximum atomic E-state index is 4.75. The predicted molar refractivity (Wildman–Crippen MR) is 73.3 cm³/mol. The molecular formula is C13H21N5. The highest BCUT2D eigenvalue weighted by Crippen LogP contribution is 2.39. The Morgan fingerprint density at radius 3 is 2.50 bits per heavy atom. The van der Waals surface area contributed by atoms with Gasteiger partial charge in [-0.05, 0) is 19.9 Å². The van der Waals surface area contributed by atoms with Gasteiger partial charge in [0.05, 0.1) is 0 Å². The Kier molecular flexibility index (Phi) is 3.07. The second-order valence-electron chi connectivity index (χ2n) is 5.28. The minimum Gasteiger partial charge on any atom is -0.373 e. The van der Waals surface area contributed by atoms with E-state index in [0.29, 0.717) is 5.92 Å². The van der Waals surface area contributed by atoms with Crippen LogP contribution in [0.3, 0.4) is 0 Å². The first-order chi connectivity index (χ1) is 8.76. The number of rotatable bonds is 3. The van der Waals surface area contributed by atoms with E-state index < -0.39 is 0 Å². The summed E-state index contributed by atoms with van der Waals surface area (Å²) in [7, 11) is 4.10. The highest BCUT2D eigenvalue weighted by Gasteiger charge is 2.28. The summed E-state index contributed by atoms with van der Waals surface area (Å²) >= 11 is 0. The van der Waals surface area contributed by atoms with Crippen molar-refractivity contribution >= 4 is 11.6 Å². The molecule has 2 fully saturated rings. The molecule has 98 valence electrons. The van der Waals surface area contributed by atoms with Gasteiger partial charge in [0.15, 0.2) is 0 Å². The van der Waals surface area contributed by atoms with Gasteiger partial charge in [0.1, 0.15) is 17.5 Å². The van der Waals surface area contributed by atoms with E-state index >= 15 is 0 Å². The van der Waals surface area contributed by atoms with Crippen LogP contribution in [0.15, 0.2) is 6.07 Å². The molecule has 2 heterocycles. The van der Waals surface area contributed by atoms with Crippen LogP contribution < -0.4 is 10.2 Å². The molecule has 1 aliphatic heterocycles. The molecule has 0 atom stereocenters. The lowest BCUT2D eigenvalue weighted by Crippen LogP contribution is -2.44. The van der Waals surface area contributed by atoms with Crippen LogP contribution in [0.4, 0.5) is 11.6 Å². The Morgan fingerprint density at radius 2 is 1.89 bits per heavy atom. The zero-order valence-corrected chi connectivity index (χ0v) is 11.2. The number of anilines is 2. The quantitative estimate of drug-likeness (QED) is 0.868. The van der Waals surface area contributed by atoms with Crippen molar-refractivity contribution in [3.8, 4) is 0 Å². The van der Waals surface area contributed by atoms with Crippen molar-refractivity contribution in [3.05, 3.63) is 11.9 Å². The first kappa shape index (κ1) is 11.7. The summed E-state index contributed by atoms with van der Waals surface area (Å²) in [6.45, 7) is 4.33. The van der Waals surface area contributed by atoms with Crippen LogP contribution in [-0.2, 0) is 0 Å². The van der Waals surface area contributed by atoms with E-state index in [4.69, 9.17) is 4.98 Å². The fourth-order valence-corrected chi connectivity index (χ4v) is 2.30. The summed E-state index contributed by atoms with van der Waals surface area (Å²) in [4.78, 5) is 14.0. The summed E-state index contributed by atoms with van der Waals surface area (Å²) in [5.74, 6) is 3.66. The van der Waals surface area contributed by atoms with Crippen LogP contribution in [0, 0.1) is 0 Å². The third-order valence-electron chi connectivity index (χ3n) is 3.76. The number of nitrogens with one attached hydrogen (secondary N) is 1. The molecule has 1 aliphatic carbocycles. The molecule has 3 rings (SSSR count). The van der Waals surface area contributed by atoms with E-state index in [-0.39, 0.29) is 0 Å². The molecule has 0 amide bonds. The van der Waals surface area contributed by atoms with E-state index in [2.05, 4.69) is 33.2 Å². The van der Waals surface area contributed by atoms with Gasteiger partial charge in [-0.2, -0.15) is 0 Å². The van der Waals surface area contributed by atoms with Crippen molar-refractivity contribution in [1.29, 1.82) is 0 Å². The standard InChI is InChI=1S/C13H21N5/c1-14-11-9-12(16-13(15-11)10-3-4-10)18-7-5-17(2)6-8-18/h9-10H,3-8H2,1-2H3,(H,14,15,16). The number of hydrogen-bond acceptors (Lipinski definition) is 5. The van der Waals surface area contributed by atoms with Crippen molar-refractivity contribution in [2.45, 2.75) is 18.8 Å². The zero-order chi connectivity index (χ0) is 12.5. The van der Waals surface area contributed by atoms with Gasteiger partial charge in [0.25, 0.3) is 0 Å². The van der Waals surface area contributed by atoms with E-state index in [9.17, 15) is 0 Å². The monoisotopic (exact) mass is 247 g/mol. The van der Waals surface area contributed by atoms with Crippen LogP contribution in [-0.4, -0.2) is 55.1 Å². The van der Waals surface area contributed by atoms with Crippen LogP contribution in [0.5, 0.6) is 0 Å². The third-order valence-corrected chi connectivity index (χ3v) is 3.76.